The molecule has 0 saturated carbocycles. The number of nitrogens with one attached hydrogen (secondary N) is 1. The zero-order valence-corrected chi connectivity index (χ0v) is 17.4. The van der Waals surface area contributed by atoms with Crippen molar-refractivity contribution in [1.29, 1.82) is 0 Å². The third kappa shape index (κ3) is 5.32. The first-order valence-corrected chi connectivity index (χ1v) is 9.90. The van der Waals surface area contributed by atoms with Crippen molar-refractivity contribution in [3.8, 4) is 5.75 Å². The SMILES string of the molecule is Cc1cc(Cl)ccc1OCc1ccc(C(=O)Nc2cnn(Cc3cccc(F)c3)c2)o1. The molecular formula is C23H19ClFN3O3. The molecule has 0 aliphatic heterocycles. The largest absolute Gasteiger partial charge is 0.485 e. The Bertz CT molecular complexity index is 1220. The number of amides is 1. The number of nitrogens with zero attached hydrogens (tertiary/aromatic N) is 2. The summed E-state index contributed by atoms with van der Waals surface area (Å²) in [5.74, 6) is 0.657. The maximum Gasteiger partial charge on any atom is 0.291 e. The summed E-state index contributed by atoms with van der Waals surface area (Å²) in [7, 11) is 0. The number of aryl methyl sites for hydroxylation is 1. The van der Waals surface area contributed by atoms with E-state index in [-0.39, 0.29) is 18.2 Å². The smallest absolute Gasteiger partial charge is 0.291 e. The molecule has 8 heteroatoms. The van der Waals surface area contributed by atoms with Crippen LogP contribution in [0.3, 0.4) is 0 Å². The fraction of sp³-hybridized carbons (Fsp3) is 0.130. The Morgan fingerprint density at radius 2 is 2.10 bits per heavy atom. The number of carbonyl (C=O) groups excluding carboxylic acids is 1. The van der Waals surface area contributed by atoms with Crippen molar-refractivity contribution in [2.75, 3.05) is 5.32 Å². The molecular weight excluding hydrogens is 421 g/mol. The predicted molar refractivity (Wildman–Crippen MR) is 115 cm³/mol. The molecule has 0 unspecified atom stereocenters. The fourth-order valence-electron chi connectivity index (χ4n) is 3.03. The summed E-state index contributed by atoms with van der Waals surface area (Å²) in [4.78, 5) is 12.5. The molecule has 2 aromatic heterocycles. The Morgan fingerprint density at radius 3 is 2.90 bits per heavy atom. The highest BCUT2D eigenvalue weighted by Crippen LogP contribution is 2.23. The monoisotopic (exact) mass is 439 g/mol. The molecule has 0 radical (unpaired) electrons. The van der Waals surface area contributed by atoms with Crippen LogP contribution in [-0.4, -0.2) is 15.7 Å². The highest BCUT2D eigenvalue weighted by molar-refractivity contribution is 6.30. The van der Waals surface area contributed by atoms with Gasteiger partial charge in [-0.1, -0.05) is 23.7 Å². The molecule has 0 saturated heterocycles. The third-order valence-corrected chi connectivity index (χ3v) is 4.75. The minimum absolute atomic E-state index is 0.157. The molecule has 0 spiro atoms. The molecule has 1 N–H and O–H groups in total. The average molecular weight is 440 g/mol. The van der Waals surface area contributed by atoms with Crippen LogP contribution in [0.1, 0.15) is 27.4 Å². The second-order valence-corrected chi connectivity index (χ2v) is 7.41. The van der Waals surface area contributed by atoms with E-state index in [0.717, 1.165) is 11.1 Å². The Hall–Kier alpha value is -3.58. The fourth-order valence-corrected chi connectivity index (χ4v) is 3.26. The number of halogens is 2. The Labute approximate surface area is 183 Å². The van der Waals surface area contributed by atoms with E-state index >= 15 is 0 Å². The van der Waals surface area contributed by atoms with Gasteiger partial charge in [0.2, 0.25) is 0 Å². The van der Waals surface area contributed by atoms with Gasteiger partial charge in [0.05, 0.1) is 18.4 Å². The topological polar surface area (TPSA) is 69.3 Å². The lowest BCUT2D eigenvalue weighted by Gasteiger charge is -2.07. The van der Waals surface area contributed by atoms with Gasteiger partial charge < -0.3 is 14.5 Å². The molecule has 1 amide bonds. The van der Waals surface area contributed by atoms with Gasteiger partial charge in [0, 0.05) is 11.2 Å². The van der Waals surface area contributed by atoms with Crippen LogP contribution in [0.5, 0.6) is 5.75 Å². The van der Waals surface area contributed by atoms with E-state index < -0.39 is 5.91 Å². The maximum absolute atomic E-state index is 13.3. The molecule has 2 heterocycles. The van der Waals surface area contributed by atoms with E-state index in [9.17, 15) is 9.18 Å². The number of ether oxygens (including phenoxy) is 1. The lowest BCUT2D eigenvalue weighted by atomic mass is 10.2. The van der Waals surface area contributed by atoms with E-state index in [1.54, 1.807) is 47.3 Å². The normalized spacial score (nSPS) is 10.8. The van der Waals surface area contributed by atoms with Crippen LogP contribution in [0.4, 0.5) is 10.1 Å². The number of rotatable bonds is 7. The highest BCUT2D eigenvalue weighted by Gasteiger charge is 2.13. The Kier molecular flexibility index (Phi) is 6.04. The van der Waals surface area contributed by atoms with E-state index in [2.05, 4.69) is 10.4 Å². The van der Waals surface area contributed by atoms with Gasteiger partial charge in [0.15, 0.2) is 5.76 Å². The van der Waals surface area contributed by atoms with Crippen LogP contribution < -0.4 is 10.1 Å². The Morgan fingerprint density at radius 1 is 1.23 bits per heavy atom. The minimum atomic E-state index is -0.403. The summed E-state index contributed by atoms with van der Waals surface area (Å²) in [5.41, 5.74) is 2.19. The quantitative estimate of drug-likeness (QED) is 0.415. The number of aromatic nitrogens is 2. The first-order valence-electron chi connectivity index (χ1n) is 9.52. The molecule has 0 fully saturated rings. The highest BCUT2D eigenvalue weighted by atomic mass is 35.5. The number of furan rings is 1. The van der Waals surface area contributed by atoms with Gasteiger partial charge in [0.1, 0.15) is 23.9 Å². The van der Waals surface area contributed by atoms with Crippen LogP contribution in [0.2, 0.25) is 5.02 Å². The van der Waals surface area contributed by atoms with Crippen LogP contribution in [-0.2, 0) is 13.2 Å². The van der Waals surface area contributed by atoms with E-state index in [1.807, 2.05) is 13.0 Å². The molecule has 4 aromatic rings. The van der Waals surface area contributed by atoms with E-state index in [0.29, 0.717) is 28.8 Å². The van der Waals surface area contributed by atoms with Gasteiger partial charge >= 0.3 is 0 Å². The lowest BCUT2D eigenvalue weighted by molar-refractivity contribution is 0.0992. The molecule has 6 nitrogen and oxygen atoms in total. The predicted octanol–water partition coefficient (Wildman–Crippen LogP) is 5.46. The summed E-state index contributed by atoms with van der Waals surface area (Å²) >= 11 is 5.95. The number of benzene rings is 2. The van der Waals surface area contributed by atoms with Crippen molar-refractivity contribution < 1.29 is 18.3 Å². The van der Waals surface area contributed by atoms with Gasteiger partial charge in [-0.25, -0.2) is 4.39 Å². The molecule has 0 aliphatic carbocycles. The first-order chi connectivity index (χ1) is 15.0. The van der Waals surface area contributed by atoms with Crippen molar-refractivity contribution in [2.45, 2.75) is 20.1 Å². The van der Waals surface area contributed by atoms with Gasteiger partial charge in [-0.15, -0.1) is 0 Å². The van der Waals surface area contributed by atoms with Gasteiger partial charge in [0.25, 0.3) is 5.91 Å². The second kappa shape index (κ2) is 9.06. The summed E-state index contributed by atoms with van der Waals surface area (Å²) in [6.45, 7) is 2.47. The summed E-state index contributed by atoms with van der Waals surface area (Å²) < 4.78 is 26.2. The number of hydrogen-bond acceptors (Lipinski definition) is 4. The standard InChI is InChI=1S/C23H19ClFN3O3/c1-15-9-17(24)5-7-21(15)30-14-20-6-8-22(31-20)23(29)27-19-11-26-28(13-19)12-16-3-2-4-18(25)10-16/h2-11,13H,12,14H2,1H3,(H,27,29). The van der Waals surface area contributed by atoms with Crippen molar-refractivity contribution in [2.24, 2.45) is 0 Å². The molecule has 31 heavy (non-hydrogen) atoms. The van der Waals surface area contributed by atoms with Crippen molar-refractivity contribution in [1.82, 2.24) is 9.78 Å². The Balaban J connectivity index is 1.34. The van der Waals surface area contributed by atoms with E-state index in [1.165, 1.54) is 18.3 Å². The number of carbonyl (C=O) groups is 1. The van der Waals surface area contributed by atoms with Gasteiger partial charge in [-0.2, -0.15) is 5.10 Å². The minimum Gasteiger partial charge on any atom is -0.485 e. The molecule has 0 bridgehead atoms. The molecule has 0 atom stereocenters. The maximum atomic E-state index is 13.3. The molecule has 4 rings (SSSR count). The summed E-state index contributed by atoms with van der Waals surface area (Å²) in [6.07, 6.45) is 3.19. The van der Waals surface area contributed by atoms with Gasteiger partial charge in [-0.05, 0) is 60.5 Å². The third-order valence-electron chi connectivity index (χ3n) is 4.52. The average Bonchev–Trinajstić information content (AvgIpc) is 3.37. The first kappa shape index (κ1) is 20.7. The van der Waals surface area contributed by atoms with Crippen LogP contribution in [0, 0.1) is 12.7 Å². The van der Waals surface area contributed by atoms with Gasteiger partial charge in [-0.3, -0.25) is 9.48 Å². The van der Waals surface area contributed by atoms with Crippen LogP contribution in [0.15, 0.2) is 71.4 Å². The second-order valence-electron chi connectivity index (χ2n) is 6.98. The summed E-state index contributed by atoms with van der Waals surface area (Å²) in [5, 5.41) is 7.56. The van der Waals surface area contributed by atoms with Crippen molar-refractivity contribution in [3.05, 3.63) is 100 Å². The molecule has 2 aromatic carbocycles. The van der Waals surface area contributed by atoms with Crippen molar-refractivity contribution in [3.63, 3.8) is 0 Å². The van der Waals surface area contributed by atoms with Crippen molar-refractivity contribution >= 4 is 23.2 Å². The lowest BCUT2D eigenvalue weighted by Crippen LogP contribution is -2.10. The van der Waals surface area contributed by atoms with E-state index in [4.69, 9.17) is 20.8 Å². The number of anilines is 1. The molecule has 158 valence electrons. The zero-order chi connectivity index (χ0) is 21.8. The zero-order valence-electron chi connectivity index (χ0n) is 16.6. The number of hydrogen-bond donors (Lipinski definition) is 1. The molecule has 0 aliphatic rings. The summed E-state index contributed by atoms with van der Waals surface area (Å²) in [6, 6.07) is 14.9. The van der Waals surface area contributed by atoms with Crippen LogP contribution >= 0.6 is 11.6 Å². The van der Waals surface area contributed by atoms with Crippen LogP contribution in [0.25, 0.3) is 0 Å².